The Morgan fingerprint density at radius 1 is 1.30 bits per heavy atom. The lowest BCUT2D eigenvalue weighted by Crippen LogP contribution is -2.45. The Bertz CT molecular complexity index is 424. The highest BCUT2D eigenvalue weighted by Gasteiger charge is 2.16. The number of aliphatic imine (C=N–C) groups is 1. The summed E-state index contributed by atoms with van der Waals surface area (Å²) in [4.78, 5) is 20.3. The first kappa shape index (κ1) is 26.4. The second-order valence-electron chi connectivity index (χ2n) is 7.18. The molecule has 0 spiro atoms. The van der Waals surface area contributed by atoms with E-state index in [1.54, 1.807) is 19.0 Å². The fraction of sp³-hybridized carbons (Fsp3) is 0.895. The number of rotatable bonds is 11. The van der Waals surface area contributed by atoms with E-state index in [0.717, 1.165) is 58.5 Å². The molecule has 0 aliphatic carbocycles. The molecular formula is C19H40IN5O2. The molecule has 0 saturated carbocycles. The van der Waals surface area contributed by atoms with Gasteiger partial charge in [-0.1, -0.05) is 13.8 Å². The van der Waals surface area contributed by atoms with Crippen molar-refractivity contribution in [1.82, 2.24) is 20.4 Å². The first-order chi connectivity index (χ1) is 12.5. The summed E-state index contributed by atoms with van der Waals surface area (Å²) in [5, 5.41) is 6.78. The van der Waals surface area contributed by atoms with Crippen molar-refractivity contribution in [2.24, 2.45) is 4.99 Å². The maximum atomic E-state index is 11.8. The minimum absolute atomic E-state index is 0. The molecule has 1 amide bonds. The number of amides is 1. The smallest absolute Gasteiger partial charge is 0.243 e. The third kappa shape index (κ3) is 11.7. The van der Waals surface area contributed by atoms with Crippen LogP contribution in [-0.4, -0.2) is 87.2 Å². The molecule has 2 atom stereocenters. The van der Waals surface area contributed by atoms with Gasteiger partial charge in [0.15, 0.2) is 5.96 Å². The number of ether oxygens (including phenoxy) is 1. The van der Waals surface area contributed by atoms with E-state index in [1.165, 1.54) is 0 Å². The van der Waals surface area contributed by atoms with Gasteiger partial charge in [0.05, 0.1) is 6.10 Å². The van der Waals surface area contributed by atoms with Gasteiger partial charge in [-0.05, 0) is 52.2 Å². The zero-order valence-electron chi connectivity index (χ0n) is 17.8. The maximum absolute atomic E-state index is 11.8. The third-order valence-electron chi connectivity index (χ3n) is 4.78. The van der Waals surface area contributed by atoms with Crippen LogP contribution in [0.25, 0.3) is 0 Å². The molecule has 2 unspecified atom stereocenters. The van der Waals surface area contributed by atoms with E-state index < -0.39 is 0 Å². The van der Waals surface area contributed by atoms with E-state index in [4.69, 9.17) is 4.74 Å². The van der Waals surface area contributed by atoms with Gasteiger partial charge in [0.1, 0.15) is 6.54 Å². The lowest BCUT2D eigenvalue weighted by atomic mass is 10.2. The summed E-state index contributed by atoms with van der Waals surface area (Å²) in [6.45, 7) is 11.6. The predicted octanol–water partition coefficient (Wildman–Crippen LogP) is 1.92. The molecule has 0 bridgehead atoms. The largest absolute Gasteiger partial charge is 0.376 e. The van der Waals surface area contributed by atoms with Crippen LogP contribution >= 0.6 is 24.0 Å². The lowest BCUT2D eigenvalue weighted by Gasteiger charge is -2.22. The van der Waals surface area contributed by atoms with E-state index in [1.807, 2.05) is 0 Å². The zero-order chi connectivity index (χ0) is 19.4. The van der Waals surface area contributed by atoms with E-state index in [0.29, 0.717) is 12.0 Å². The van der Waals surface area contributed by atoms with Gasteiger partial charge >= 0.3 is 0 Å². The van der Waals surface area contributed by atoms with Crippen LogP contribution in [-0.2, 0) is 9.53 Å². The van der Waals surface area contributed by atoms with E-state index in [9.17, 15) is 4.79 Å². The monoisotopic (exact) mass is 497 g/mol. The summed E-state index contributed by atoms with van der Waals surface area (Å²) in [5.74, 6) is 0.698. The highest BCUT2D eigenvalue weighted by Crippen LogP contribution is 2.10. The molecule has 1 aliphatic heterocycles. The number of nitrogens with zero attached hydrogens (tertiary/aromatic N) is 3. The minimum Gasteiger partial charge on any atom is -0.376 e. The van der Waals surface area contributed by atoms with Crippen LogP contribution in [0.4, 0.5) is 0 Å². The molecule has 8 heteroatoms. The van der Waals surface area contributed by atoms with Crippen molar-refractivity contribution >= 4 is 35.8 Å². The molecule has 1 heterocycles. The van der Waals surface area contributed by atoms with Crippen LogP contribution in [0.1, 0.15) is 46.5 Å². The Balaban J connectivity index is 0.00000676. The second kappa shape index (κ2) is 15.3. The molecule has 7 nitrogen and oxygen atoms in total. The summed E-state index contributed by atoms with van der Waals surface area (Å²) in [6, 6.07) is 0.302. The highest BCUT2D eigenvalue weighted by molar-refractivity contribution is 14.0. The summed E-state index contributed by atoms with van der Waals surface area (Å²) in [7, 11) is 3.50. The van der Waals surface area contributed by atoms with Gasteiger partial charge in [0.25, 0.3) is 0 Å². The molecule has 1 saturated heterocycles. The Hall–Kier alpha value is -0.610. The van der Waals surface area contributed by atoms with Crippen LogP contribution in [0.15, 0.2) is 4.99 Å². The SMILES string of the molecule is CCN(CC)CCCC(C)NC(=NCC(=O)N(C)C)NCC1CCCO1.I. The van der Waals surface area contributed by atoms with Crippen molar-refractivity contribution in [1.29, 1.82) is 0 Å². The predicted molar refractivity (Wildman–Crippen MR) is 123 cm³/mol. The van der Waals surface area contributed by atoms with Crippen LogP contribution in [0, 0.1) is 0 Å². The van der Waals surface area contributed by atoms with Crippen molar-refractivity contribution in [3.63, 3.8) is 0 Å². The van der Waals surface area contributed by atoms with Crippen LogP contribution < -0.4 is 10.6 Å². The van der Waals surface area contributed by atoms with Crippen molar-refractivity contribution in [3.8, 4) is 0 Å². The Morgan fingerprint density at radius 2 is 2.00 bits per heavy atom. The summed E-state index contributed by atoms with van der Waals surface area (Å²) in [5.41, 5.74) is 0. The minimum atomic E-state index is -0.00240. The molecular weight excluding hydrogens is 457 g/mol. The average Bonchev–Trinajstić information content (AvgIpc) is 3.14. The van der Waals surface area contributed by atoms with Crippen molar-refractivity contribution < 1.29 is 9.53 Å². The first-order valence-corrected chi connectivity index (χ1v) is 10.0. The van der Waals surface area contributed by atoms with Gasteiger partial charge < -0.3 is 25.2 Å². The molecule has 1 aliphatic rings. The number of halogens is 1. The highest BCUT2D eigenvalue weighted by atomic mass is 127. The molecule has 27 heavy (non-hydrogen) atoms. The van der Waals surface area contributed by atoms with Crippen LogP contribution in [0.2, 0.25) is 0 Å². The molecule has 0 aromatic heterocycles. The Labute approximate surface area is 182 Å². The van der Waals surface area contributed by atoms with E-state index in [-0.39, 0.29) is 42.5 Å². The fourth-order valence-electron chi connectivity index (χ4n) is 2.92. The number of hydrogen-bond acceptors (Lipinski definition) is 4. The van der Waals surface area contributed by atoms with Gasteiger partial charge in [0.2, 0.25) is 5.91 Å². The van der Waals surface area contributed by atoms with Crippen LogP contribution in [0.3, 0.4) is 0 Å². The van der Waals surface area contributed by atoms with Crippen LogP contribution in [0.5, 0.6) is 0 Å². The number of likely N-dealkylation sites (N-methyl/N-ethyl adjacent to an activating group) is 1. The number of carbonyl (C=O) groups is 1. The normalized spacial score (nSPS) is 18.1. The summed E-state index contributed by atoms with van der Waals surface area (Å²) < 4.78 is 5.66. The third-order valence-corrected chi connectivity index (χ3v) is 4.78. The van der Waals surface area contributed by atoms with Gasteiger partial charge in [-0.2, -0.15) is 0 Å². The molecule has 160 valence electrons. The van der Waals surface area contributed by atoms with Gasteiger partial charge in [0, 0.05) is 33.3 Å². The van der Waals surface area contributed by atoms with Crippen molar-refractivity contribution in [2.75, 3.05) is 53.4 Å². The number of nitrogens with one attached hydrogen (secondary N) is 2. The molecule has 0 aromatic rings. The van der Waals surface area contributed by atoms with Gasteiger partial charge in [-0.3, -0.25) is 4.79 Å². The topological polar surface area (TPSA) is 69.2 Å². The number of guanidine groups is 1. The summed E-state index contributed by atoms with van der Waals surface area (Å²) >= 11 is 0. The quantitative estimate of drug-likeness (QED) is 0.260. The lowest BCUT2D eigenvalue weighted by molar-refractivity contribution is -0.127. The van der Waals surface area contributed by atoms with Gasteiger partial charge in [-0.15, -0.1) is 24.0 Å². The zero-order valence-corrected chi connectivity index (χ0v) is 20.1. The van der Waals surface area contributed by atoms with E-state index >= 15 is 0 Å². The first-order valence-electron chi connectivity index (χ1n) is 10.0. The Kier molecular flexibility index (Phi) is 15.0. The second-order valence-corrected chi connectivity index (χ2v) is 7.18. The van der Waals surface area contributed by atoms with Gasteiger partial charge in [-0.25, -0.2) is 4.99 Å². The standard InChI is InChI=1S/C19H39N5O2.HI/c1-6-24(7-2)12-8-10-16(3)22-19(21-15-18(25)23(4)5)20-14-17-11-9-13-26-17;/h16-17H,6-15H2,1-5H3,(H2,20,21,22);1H. The number of hydrogen-bond donors (Lipinski definition) is 2. The molecule has 1 rings (SSSR count). The molecule has 0 aromatic carbocycles. The van der Waals surface area contributed by atoms with E-state index in [2.05, 4.69) is 41.3 Å². The molecule has 1 fully saturated rings. The van der Waals surface area contributed by atoms with Crippen molar-refractivity contribution in [3.05, 3.63) is 0 Å². The molecule has 2 N–H and O–H groups in total. The molecule has 0 radical (unpaired) electrons. The number of carbonyl (C=O) groups excluding carboxylic acids is 1. The fourth-order valence-corrected chi connectivity index (χ4v) is 2.92. The Morgan fingerprint density at radius 3 is 2.56 bits per heavy atom. The maximum Gasteiger partial charge on any atom is 0.243 e. The summed E-state index contributed by atoms with van der Waals surface area (Å²) in [6.07, 6.45) is 4.65. The van der Waals surface area contributed by atoms with Crippen molar-refractivity contribution in [2.45, 2.75) is 58.6 Å². The average molecular weight is 497 g/mol.